The standard InChI is InChI=1S/C10H15N7/c1-3-11-8-4-9(14-6-13-8)12-5-10-16-15-7-17(10)2/h4,6-7H,3,5H2,1-2H3,(H2,11,12,13,14). The van der Waals surface area contributed by atoms with Gasteiger partial charge < -0.3 is 15.2 Å². The smallest absolute Gasteiger partial charge is 0.151 e. The Labute approximate surface area is 99.3 Å². The molecule has 0 radical (unpaired) electrons. The molecule has 2 rings (SSSR count). The van der Waals surface area contributed by atoms with Gasteiger partial charge in [0.25, 0.3) is 0 Å². The Morgan fingerprint density at radius 1 is 1.24 bits per heavy atom. The van der Waals surface area contributed by atoms with Gasteiger partial charge in [0.2, 0.25) is 0 Å². The maximum absolute atomic E-state index is 4.13. The Kier molecular flexibility index (Phi) is 3.49. The van der Waals surface area contributed by atoms with Crippen molar-refractivity contribution in [3.8, 4) is 0 Å². The molecule has 7 heteroatoms. The summed E-state index contributed by atoms with van der Waals surface area (Å²) in [5.41, 5.74) is 0. The molecule has 0 bridgehead atoms. The summed E-state index contributed by atoms with van der Waals surface area (Å²) in [6, 6.07) is 1.86. The SMILES string of the molecule is CCNc1cc(NCc2nncn2C)ncn1. The minimum absolute atomic E-state index is 0.582. The Bertz CT molecular complexity index is 479. The Hall–Kier alpha value is -2.18. The Morgan fingerprint density at radius 2 is 2.00 bits per heavy atom. The molecule has 0 aliphatic carbocycles. The first-order valence-electron chi connectivity index (χ1n) is 5.42. The lowest BCUT2D eigenvalue weighted by atomic mass is 10.5. The minimum atomic E-state index is 0.582. The first kappa shape index (κ1) is 11.3. The van der Waals surface area contributed by atoms with E-state index in [4.69, 9.17) is 0 Å². The van der Waals surface area contributed by atoms with Crippen LogP contribution in [0.2, 0.25) is 0 Å². The van der Waals surface area contributed by atoms with Gasteiger partial charge in [-0.25, -0.2) is 9.97 Å². The monoisotopic (exact) mass is 233 g/mol. The molecule has 7 nitrogen and oxygen atoms in total. The molecule has 0 saturated carbocycles. The third-order valence-electron chi connectivity index (χ3n) is 2.26. The van der Waals surface area contributed by atoms with Crippen molar-refractivity contribution in [2.45, 2.75) is 13.5 Å². The molecule has 0 aromatic carbocycles. The zero-order valence-corrected chi connectivity index (χ0v) is 9.88. The van der Waals surface area contributed by atoms with Gasteiger partial charge >= 0.3 is 0 Å². The zero-order valence-electron chi connectivity index (χ0n) is 9.88. The van der Waals surface area contributed by atoms with E-state index in [9.17, 15) is 0 Å². The number of aryl methyl sites for hydroxylation is 1. The molecule has 2 heterocycles. The van der Waals surface area contributed by atoms with Gasteiger partial charge in [-0.1, -0.05) is 0 Å². The highest BCUT2D eigenvalue weighted by atomic mass is 15.3. The third kappa shape index (κ3) is 2.90. The Balaban J connectivity index is 1.99. The third-order valence-corrected chi connectivity index (χ3v) is 2.26. The van der Waals surface area contributed by atoms with Crippen molar-refractivity contribution in [2.75, 3.05) is 17.2 Å². The molecular formula is C10H15N7. The van der Waals surface area contributed by atoms with E-state index < -0.39 is 0 Å². The minimum Gasteiger partial charge on any atom is -0.370 e. The van der Waals surface area contributed by atoms with E-state index in [1.807, 2.05) is 24.6 Å². The van der Waals surface area contributed by atoms with Crippen molar-refractivity contribution in [1.82, 2.24) is 24.7 Å². The fraction of sp³-hybridized carbons (Fsp3) is 0.400. The van der Waals surface area contributed by atoms with Crippen molar-refractivity contribution in [3.05, 3.63) is 24.5 Å². The summed E-state index contributed by atoms with van der Waals surface area (Å²) in [7, 11) is 1.90. The van der Waals surface area contributed by atoms with Crippen LogP contribution in [0.15, 0.2) is 18.7 Å². The molecule has 0 atom stereocenters. The highest BCUT2D eigenvalue weighted by Gasteiger charge is 2.01. The molecule has 90 valence electrons. The van der Waals surface area contributed by atoms with Crippen LogP contribution < -0.4 is 10.6 Å². The number of rotatable bonds is 5. The topological polar surface area (TPSA) is 80.5 Å². The largest absolute Gasteiger partial charge is 0.370 e. The van der Waals surface area contributed by atoms with Crippen molar-refractivity contribution in [3.63, 3.8) is 0 Å². The normalized spacial score (nSPS) is 10.2. The lowest BCUT2D eigenvalue weighted by molar-refractivity contribution is 0.810. The van der Waals surface area contributed by atoms with Gasteiger partial charge in [-0.2, -0.15) is 0 Å². The quantitative estimate of drug-likeness (QED) is 0.789. The molecule has 0 unspecified atom stereocenters. The van der Waals surface area contributed by atoms with Crippen LogP contribution in [-0.2, 0) is 13.6 Å². The van der Waals surface area contributed by atoms with Crippen molar-refractivity contribution >= 4 is 11.6 Å². The molecule has 0 fully saturated rings. The van der Waals surface area contributed by atoms with Crippen molar-refractivity contribution in [1.29, 1.82) is 0 Å². The van der Waals surface area contributed by atoms with E-state index >= 15 is 0 Å². The fourth-order valence-corrected chi connectivity index (χ4v) is 1.37. The summed E-state index contributed by atoms with van der Waals surface area (Å²) in [4.78, 5) is 8.23. The van der Waals surface area contributed by atoms with E-state index in [1.54, 1.807) is 6.33 Å². The molecule has 2 aromatic rings. The van der Waals surface area contributed by atoms with Crippen LogP contribution in [0.5, 0.6) is 0 Å². The first-order chi connectivity index (χ1) is 8.29. The van der Waals surface area contributed by atoms with Gasteiger partial charge in [-0.3, -0.25) is 0 Å². The molecule has 0 aliphatic rings. The van der Waals surface area contributed by atoms with Crippen LogP contribution in [0, 0.1) is 0 Å². The number of hydrogen-bond acceptors (Lipinski definition) is 6. The van der Waals surface area contributed by atoms with E-state index in [-0.39, 0.29) is 0 Å². The van der Waals surface area contributed by atoms with Gasteiger partial charge in [-0.15, -0.1) is 10.2 Å². The summed E-state index contributed by atoms with van der Waals surface area (Å²) in [6.07, 6.45) is 3.19. The summed E-state index contributed by atoms with van der Waals surface area (Å²) < 4.78 is 1.86. The van der Waals surface area contributed by atoms with Crippen LogP contribution in [-0.4, -0.2) is 31.3 Å². The molecule has 2 aromatic heterocycles. The summed E-state index contributed by atoms with van der Waals surface area (Å²) in [6.45, 7) is 3.44. The van der Waals surface area contributed by atoms with Gasteiger partial charge in [0.1, 0.15) is 24.3 Å². The zero-order chi connectivity index (χ0) is 12.1. The second-order valence-electron chi connectivity index (χ2n) is 3.53. The molecule has 17 heavy (non-hydrogen) atoms. The first-order valence-corrected chi connectivity index (χ1v) is 5.42. The van der Waals surface area contributed by atoms with E-state index in [0.717, 1.165) is 24.0 Å². The van der Waals surface area contributed by atoms with Gasteiger partial charge in [-0.05, 0) is 6.92 Å². The predicted molar refractivity (Wildman–Crippen MR) is 64.5 cm³/mol. The van der Waals surface area contributed by atoms with Crippen molar-refractivity contribution < 1.29 is 0 Å². The van der Waals surface area contributed by atoms with E-state index in [1.165, 1.54) is 6.33 Å². The van der Waals surface area contributed by atoms with E-state index in [0.29, 0.717) is 6.54 Å². The van der Waals surface area contributed by atoms with Crippen LogP contribution in [0.1, 0.15) is 12.7 Å². The number of nitrogens with one attached hydrogen (secondary N) is 2. The highest BCUT2D eigenvalue weighted by Crippen LogP contribution is 2.08. The maximum Gasteiger partial charge on any atom is 0.151 e. The molecule has 2 N–H and O–H groups in total. The van der Waals surface area contributed by atoms with Gasteiger partial charge in [0.15, 0.2) is 5.82 Å². The lowest BCUT2D eigenvalue weighted by Gasteiger charge is -2.06. The second kappa shape index (κ2) is 5.24. The average Bonchev–Trinajstić information content (AvgIpc) is 2.73. The predicted octanol–water partition coefficient (Wildman–Crippen LogP) is 0.649. The summed E-state index contributed by atoms with van der Waals surface area (Å²) >= 11 is 0. The van der Waals surface area contributed by atoms with Crippen molar-refractivity contribution in [2.24, 2.45) is 7.05 Å². The summed E-state index contributed by atoms with van der Waals surface area (Å²) in [5, 5.41) is 14.1. The van der Waals surface area contributed by atoms with Gasteiger partial charge in [0, 0.05) is 19.7 Å². The molecular weight excluding hydrogens is 218 g/mol. The Morgan fingerprint density at radius 3 is 2.65 bits per heavy atom. The lowest BCUT2D eigenvalue weighted by Crippen LogP contribution is -2.08. The van der Waals surface area contributed by atoms with Gasteiger partial charge in [0.05, 0.1) is 6.54 Å². The fourth-order valence-electron chi connectivity index (χ4n) is 1.37. The van der Waals surface area contributed by atoms with Crippen LogP contribution in [0.3, 0.4) is 0 Å². The second-order valence-corrected chi connectivity index (χ2v) is 3.53. The number of hydrogen-bond donors (Lipinski definition) is 2. The molecule has 0 aliphatic heterocycles. The number of aromatic nitrogens is 5. The number of anilines is 2. The number of nitrogens with zero attached hydrogens (tertiary/aromatic N) is 5. The molecule has 0 amide bonds. The van der Waals surface area contributed by atoms with Crippen LogP contribution in [0.25, 0.3) is 0 Å². The highest BCUT2D eigenvalue weighted by molar-refractivity contribution is 5.46. The van der Waals surface area contributed by atoms with E-state index in [2.05, 4.69) is 30.8 Å². The maximum atomic E-state index is 4.13. The van der Waals surface area contributed by atoms with Crippen LogP contribution >= 0.6 is 0 Å². The molecule has 0 saturated heterocycles. The molecule has 0 spiro atoms. The van der Waals surface area contributed by atoms with Crippen LogP contribution in [0.4, 0.5) is 11.6 Å². The summed E-state index contributed by atoms with van der Waals surface area (Å²) in [5.74, 6) is 2.43. The average molecular weight is 233 g/mol.